The lowest BCUT2D eigenvalue weighted by atomic mass is 9.97. The molecule has 0 radical (unpaired) electrons. The predicted octanol–water partition coefficient (Wildman–Crippen LogP) is 2.97. The Morgan fingerprint density at radius 3 is 2.81 bits per heavy atom. The summed E-state index contributed by atoms with van der Waals surface area (Å²) in [6.45, 7) is 1.99. The predicted molar refractivity (Wildman–Crippen MR) is 80.6 cm³/mol. The lowest BCUT2D eigenvalue weighted by Gasteiger charge is -2.30. The van der Waals surface area contributed by atoms with E-state index in [0.29, 0.717) is 10.6 Å². The van der Waals surface area contributed by atoms with E-state index in [0.717, 1.165) is 38.8 Å². The molecule has 0 bridgehead atoms. The maximum absolute atomic E-state index is 14.0. The van der Waals surface area contributed by atoms with E-state index in [1.807, 2.05) is 4.90 Å². The number of nitrogens with zero attached hydrogens (tertiary/aromatic N) is 1. The molecule has 1 amide bonds. The summed E-state index contributed by atoms with van der Waals surface area (Å²) in [5, 5.41) is 3.67. The fraction of sp³-hybridized carbons (Fsp3) is 0.562. The second-order valence-corrected chi connectivity index (χ2v) is 6.35. The van der Waals surface area contributed by atoms with Gasteiger partial charge in [-0.25, -0.2) is 4.39 Å². The second kappa shape index (κ2) is 6.32. The summed E-state index contributed by atoms with van der Waals surface area (Å²) >= 11 is 6.10. The number of nitrogens with one attached hydrogen (secondary N) is 1. The van der Waals surface area contributed by atoms with E-state index in [-0.39, 0.29) is 30.2 Å². The number of halogens is 2. The Labute approximate surface area is 129 Å². The van der Waals surface area contributed by atoms with Crippen molar-refractivity contribution in [2.45, 2.75) is 38.3 Å². The lowest BCUT2D eigenvalue weighted by Crippen LogP contribution is -2.43. The first-order valence-electron chi connectivity index (χ1n) is 7.61. The summed E-state index contributed by atoms with van der Waals surface area (Å²) in [6.07, 6.45) is 3.96. The molecule has 0 aromatic heterocycles. The molecule has 21 heavy (non-hydrogen) atoms. The summed E-state index contributed by atoms with van der Waals surface area (Å²) in [4.78, 5) is 14.6. The van der Waals surface area contributed by atoms with Crippen LogP contribution in [0.3, 0.4) is 0 Å². The molecular formula is C16H20ClFN2O. The van der Waals surface area contributed by atoms with E-state index >= 15 is 0 Å². The number of benzene rings is 1. The van der Waals surface area contributed by atoms with Crippen LogP contribution >= 0.6 is 11.6 Å². The van der Waals surface area contributed by atoms with Gasteiger partial charge in [-0.05, 0) is 44.4 Å². The molecule has 1 N–H and O–H groups in total. The largest absolute Gasteiger partial charge is 0.335 e. The van der Waals surface area contributed by atoms with Crippen LogP contribution in [0.2, 0.25) is 5.02 Å². The standard InChI is InChI=1S/C16H20ClFN2O/c17-14-4-1-5-15(18)13(14)10-20(12-6-7-12)16(21)11-3-2-8-19-9-11/h1,4-5,11-12,19H,2-3,6-10H2/t11-/m0/s1. The molecule has 2 aliphatic rings. The van der Waals surface area contributed by atoms with Gasteiger partial charge >= 0.3 is 0 Å². The van der Waals surface area contributed by atoms with Crippen LogP contribution in [-0.4, -0.2) is 29.9 Å². The average Bonchev–Trinajstić information content (AvgIpc) is 3.32. The van der Waals surface area contributed by atoms with Gasteiger partial charge in [-0.1, -0.05) is 17.7 Å². The Kier molecular flexibility index (Phi) is 4.45. The molecule has 2 fully saturated rings. The molecule has 1 aliphatic carbocycles. The SMILES string of the molecule is O=C([C@H]1CCCNC1)N(Cc1c(F)cccc1Cl)C1CC1. The minimum Gasteiger partial charge on any atom is -0.335 e. The van der Waals surface area contributed by atoms with E-state index in [9.17, 15) is 9.18 Å². The Morgan fingerprint density at radius 2 is 2.19 bits per heavy atom. The van der Waals surface area contributed by atoms with Gasteiger partial charge in [-0.15, -0.1) is 0 Å². The van der Waals surface area contributed by atoms with E-state index in [2.05, 4.69) is 5.32 Å². The van der Waals surface area contributed by atoms with E-state index in [1.165, 1.54) is 6.07 Å². The quantitative estimate of drug-likeness (QED) is 0.927. The zero-order valence-corrected chi connectivity index (χ0v) is 12.7. The molecule has 0 unspecified atom stereocenters. The van der Waals surface area contributed by atoms with Gasteiger partial charge in [0, 0.05) is 23.2 Å². The van der Waals surface area contributed by atoms with Gasteiger partial charge in [0.25, 0.3) is 0 Å². The van der Waals surface area contributed by atoms with Gasteiger partial charge < -0.3 is 10.2 Å². The summed E-state index contributed by atoms with van der Waals surface area (Å²) < 4.78 is 14.0. The minimum absolute atomic E-state index is 0.0184. The number of carbonyl (C=O) groups is 1. The first-order valence-corrected chi connectivity index (χ1v) is 7.98. The van der Waals surface area contributed by atoms with Crippen molar-refractivity contribution in [1.82, 2.24) is 10.2 Å². The number of amides is 1. The van der Waals surface area contributed by atoms with Gasteiger partial charge in [0.05, 0.1) is 12.5 Å². The van der Waals surface area contributed by atoms with Gasteiger partial charge in [0.1, 0.15) is 5.82 Å². The molecule has 5 heteroatoms. The number of rotatable bonds is 4. The van der Waals surface area contributed by atoms with Crippen molar-refractivity contribution < 1.29 is 9.18 Å². The van der Waals surface area contributed by atoms with Crippen LogP contribution in [-0.2, 0) is 11.3 Å². The zero-order valence-electron chi connectivity index (χ0n) is 11.9. The van der Waals surface area contributed by atoms with Crippen molar-refractivity contribution in [3.63, 3.8) is 0 Å². The highest BCUT2D eigenvalue weighted by molar-refractivity contribution is 6.31. The number of hydrogen-bond donors (Lipinski definition) is 1. The molecule has 1 saturated heterocycles. The maximum atomic E-state index is 14.0. The van der Waals surface area contributed by atoms with Gasteiger partial charge in [-0.2, -0.15) is 0 Å². The smallest absolute Gasteiger partial charge is 0.227 e. The van der Waals surface area contributed by atoms with Crippen LogP contribution in [0.4, 0.5) is 4.39 Å². The second-order valence-electron chi connectivity index (χ2n) is 5.94. The van der Waals surface area contributed by atoms with Crippen molar-refractivity contribution in [1.29, 1.82) is 0 Å². The van der Waals surface area contributed by atoms with Crippen LogP contribution in [0, 0.1) is 11.7 Å². The van der Waals surface area contributed by atoms with Crippen LogP contribution in [0.5, 0.6) is 0 Å². The monoisotopic (exact) mass is 310 g/mol. The third kappa shape index (κ3) is 3.38. The Bertz CT molecular complexity index is 507. The van der Waals surface area contributed by atoms with Crippen LogP contribution < -0.4 is 5.32 Å². The topological polar surface area (TPSA) is 32.3 Å². The fourth-order valence-electron chi connectivity index (χ4n) is 2.92. The normalized spacial score (nSPS) is 22.1. The van der Waals surface area contributed by atoms with Gasteiger partial charge in [0.2, 0.25) is 5.91 Å². The minimum atomic E-state index is -0.331. The molecule has 1 atom stereocenters. The maximum Gasteiger partial charge on any atom is 0.227 e. The summed E-state index contributed by atoms with van der Waals surface area (Å²) in [6, 6.07) is 4.93. The molecule has 1 heterocycles. The third-order valence-corrected chi connectivity index (χ3v) is 4.66. The lowest BCUT2D eigenvalue weighted by molar-refractivity contribution is -0.137. The Hall–Kier alpha value is -1.13. The van der Waals surface area contributed by atoms with Crippen molar-refractivity contribution in [2.75, 3.05) is 13.1 Å². The zero-order chi connectivity index (χ0) is 14.8. The van der Waals surface area contributed by atoms with Crippen LogP contribution in [0.25, 0.3) is 0 Å². The highest BCUT2D eigenvalue weighted by Gasteiger charge is 2.36. The van der Waals surface area contributed by atoms with Crippen molar-refractivity contribution in [3.8, 4) is 0 Å². The average molecular weight is 311 g/mol. The molecular weight excluding hydrogens is 291 g/mol. The molecule has 0 spiro atoms. The van der Waals surface area contributed by atoms with Crippen LogP contribution in [0.1, 0.15) is 31.2 Å². The first kappa shape index (κ1) is 14.8. The molecule has 1 aromatic rings. The number of carbonyl (C=O) groups excluding carboxylic acids is 1. The Balaban J connectivity index is 1.77. The van der Waals surface area contributed by atoms with Gasteiger partial charge in [-0.3, -0.25) is 4.79 Å². The van der Waals surface area contributed by atoms with E-state index in [1.54, 1.807) is 12.1 Å². The van der Waals surface area contributed by atoms with E-state index < -0.39 is 0 Å². The molecule has 114 valence electrons. The molecule has 1 aromatic carbocycles. The summed E-state index contributed by atoms with van der Waals surface area (Å²) in [5.41, 5.74) is 0.434. The molecule has 3 nitrogen and oxygen atoms in total. The van der Waals surface area contributed by atoms with Crippen molar-refractivity contribution in [2.24, 2.45) is 5.92 Å². The number of piperidine rings is 1. The number of hydrogen-bond acceptors (Lipinski definition) is 2. The summed E-state index contributed by atoms with van der Waals surface area (Å²) in [5.74, 6) is -0.170. The van der Waals surface area contributed by atoms with Gasteiger partial charge in [0.15, 0.2) is 0 Å². The van der Waals surface area contributed by atoms with E-state index in [4.69, 9.17) is 11.6 Å². The fourth-order valence-corrected chi connectivity index (χ4v) is 3.15. The van der Waals surface area contributed by atoms with Crippen LogP contribution in [0.15, 0.2) is 18.2 Å². The molecule has 3 rings (SSSR count). The van der Waals surface area contributed by atoms with Crippen molar-refractivity contribution >= 4 is 17.5 Å². The molecule has 1 saturated carbocycles. The third-order valence-electron chi connectivity index (χ3n) is 4.31. The highest BCUT2D eigenvalue weighted by Crippen LogP contribution is 2.32. The summed E-state index contributed by atoms with van der Waals surface area (Å²) in [7, 11) is 0. The molecule has 1 aliphatic heterocycles. The van der Waals surface area contributed by atoms with Crippen molar-refractivity contribution in [3.05, 3.63) is 34.6 Å². The first-order chi connectivity index (χ1) is 10.2. The Morgan fingerprint density at radius 1 is 1.38 bits per heavy atom. The highest BCUT2D eigenvalue weighted by atomic mass is 35.5.